The molecule has 9 nitrogen and oxygen atoms in total. The van der Waals surface area contributed by atoms with Gasteiger partial charge in [-0.25, -0.2) is 9.36 Å². The number of aromatic nitrogens is 5. The summed E-state index contributed by atoms with van der Waals surface area (Å²) < 4.78 is 6.29. The molecule has 0 saturated heterocycles. The van der Waals surface area contributed by atoms with Crippen molar-refractivity contribution in [3.05, 3.63) is 54.1 Å². The maximum absolute atomic E-state index is 12.4. The number of carbonyl (C=O) groups excluding carboxylic acids is 1. The predicted molar refractivity (Wildman–Crippen MR) is 112 cm³/mol. The van der Waals surface area contributed by atoms with Crippen LogP contribution >= 0.6 is 0 Å². The summed E-state index contributed by atoms with van der Waals surface area (Å²) in [4.78, 5) is 17.2. The van der Waals surface area contributed by atoms with Crippen LogP contribution in [0.3, 0.4) is 0 Å². The normalized spacial score (nSPS) is 11.7. The zero-order valence-electron chi connectivity index (χ0n) is 16.5. The van der Waals surface area contributed by atoms with Crippen LogP contribution in [0.5, 0.6) is 5.88 Å². The average Bonchev–Trinajstić information content (AvgIpc) is 3.39. The molecule has 0 bridgehead atoms. The molecule has 0 spiro atoms. The number of ether oxygens (including phenoxy) is 1. The van der Waals surface area contributed by atoms with Gasteiger partial charge in [-0.2, -0.15) is 5.21 Å². The number of fused-ring (bicyclic) bond motifs is 1. The van der Waals surface area contributed by atoms with E-state index in [1.165, 1.54) is 4.57 Å². The summed E-state index contributed by atoms with van der Waals surface area (Å²) in [6.07, 6.45) is -0.0749. The number of nitrogens with one attached hydrogen (secondary N) is 1. The molecule has 0 radical (unpaired) electrons. The van der Waals surface area contributed by atoms with Crippen molar-refractivity contribution in [3.63, 3.8) is 0 Å². The van der Waals surface area contributed by atoms with Crippen LogP contribution in [0.1, 0.15) is 25.8 Å². The number of aliphatic imine (C=N–C) groups is 1. The molecule has 0 saturated carbocycles. The first-order chi connectivity index (χ1) is 14.6. The minimum atomic E-state index is -0.627. The first kappa shape index (κ1) is 19.3. The number of H-pyrrole nitrogens is 1. The van der Waals surface area contributed by atoms with Crippen molar-refractivity contribution in [1.29, 1.82) is 0 Å². The van der Waals surface area contributed by atoms with Gasteiger partial charge < -0.3 is 9.84 Å². The molecule has 0 aliphatic heterocycles. The summed E-state index contributed by atoms with van der Waals surface area (Å²) >= 11 is 0. The Bertz CT molecular complexity index is 1210. The molecule has 4 aromatic rings. The maximum atomic E-state index is 12.4. The number of benzene rings is 2. The van der Waals surface area contributed by atoms with Crippen LogP contribution in [0.25, 0.3) is 22.3 Å². The number of hydrogen-bond donors (Lipinski definition) is 2. The van der Waals surface area contributed by atoms with Crippen LogP contribution in [0, 0.1) is 0 Å². The van der Waals surface area contributed by atoms with Crippen LogP contribution in [-0.2, 0) is 4.74 Å². The Morgan fingerprint density at radius 2 is 1.93 bits per heavy atom. The molecule has 0 aliphatic rings. The zero-order valence-corrected chi connectivity index (χ0v) is 16.5. The molecule has 0 fully saturated rings. The van der Waals surface area contributed by atoms with Crippen LogP contribution in [0.4, 0.5) is 10.5 Å². The minimum Gasteiger partial charge on any atom is -0.494 e. The van der Waals surface area contributed by atoms with Crippen LogP contribution in [0.2, 0.25) is 0 Å². The van der Waals surface area contributed by atoms with Crippen LogP contribution in [0.15, 0.2) is 53.5 Å². The molecule has 0 aliphatic carbocycles. The standard InChI is InChI=1S/C21H20N6O3/c1-3-16(22-14-11-9-13(10-12-14)19-23-25-26-24-19)18-15-7-5-6-8-17(15)27(20(18)28)21(29)30-4-2/h5-12,28H,3-4H2,1-2H3,(H,23,24,25,26). The van der Waals surface area contributed by atoms with E-state index in [9.17, 15) is 9.90 Å². The molecule has 152 valence electrons. The van der Waals surface area contributed by atoms with E-state index in [0.29, 0.717) is 34.7 Å². The van der Waals surface area contributed by atoms with Crippen LogP contribution in [-0.4, -0.2) is 48.7 Å². The van der Waals surface area contributed by atoms with E-state index < -0.39 is 6.09 Å². The largest absolute Gasteiger partial charge is 0.494 e. The van der Waals surface area contributed by atoms with E-state index in [1.807, 2.05) is 43.3 Å². The highest BCUT2D eigenvalue weighted by Gasteiger charge is 2.24. The molecule has 0 atom stereocenters. The number of aromatic hydroxyl groups is 1. The molecule has 2 aromatic heterocycles. The Morgan fingerprint density at radius 3 is 2.60 bits per heavy atom. The summed E-state index contributed by atoms with van der Waals surface area (Å²) in [5, 5.41) is 25.5. The van der Waals surface area contributed by atoms with E-state index in [0.717, 1.165) is 10.9 Å². The van der Waals surface area contributed by atoms with Gasteiger partial charge in [0, 0.05) is 10.9 Å². The van der Waals surface area contributed by atoms with Crippen molar-refractivity contribution in [2.45, 2.75) is 20.3 Å². The zero-order chi connectivity index (χ0) is 21.1. The van der Waals surface area contributed by atoms with Gasteiger partial charge in [-0.05, 0) is 48.9 Å². The van der Waals surface area contributed by atoms with Gasteiger partial charge in [-0.1, -0.05) is 25.1 Å². The number of para-hydroxylation sites is 1. The summed E-state index contributed by atoms with van der Waals surface area (Å²) in [5.41, 5.74) is 3.24. The summed E-state index contributed by atoms with van der Waals surface area (Å²) in [7, 11) is 0. The summed E-state index contributed by atoms with van der Waals surface area (Å²) in [6.45, 7) is 3.88. The third-order valence-electron chi connectivity index (χ3n) is 4.66. The lowest BCUT2D eigenvalue weighted by atomic mass is 10.1. The Balaban J connectivity index is 1.80. The quantitative estimate of drug-likeness (QED) is 0.484. The van der Waals surface area contributed by atoms with Crippen molar-refractivity contribution in [2.24, 2.45) is 4.99 Å². The fourth-order valence-corrected chi connectivity index (χ4v) is 3.32. The number of rotatable bonds is 5. The van der Waals surface area contributed by atoms with Gasteiger partial charge in [-0.3, -0.25) is 4.99 Å². The summed E-state index contributed by atoms with van der Waals surface area (Å²) in [6, 6.07) is 14.6. The van der Waals surface area contributed by atoms with Gasteiger partial charge in [0.1, 0.15) is 0 Å². The third-order valence-corrected chi connectivity index (χ3v) is 4.66. The van der Waals surface area contributed by atoms with E-state index in [4.69, 9.17) is 9.73 Å². The van der Waals surface area contributed by atoms with Gasteiger partial charge in [0.25, 0.3) is 0 Å². The topological polar surface area (TPSA) is 118 Å². The molecular formula is C21H20N6O3. The predicted octanol–water partition coefficient (Wildman–Crippen LogP) is 4.06. The van der Waals surface area contributed by atoms with Gasteiger partial charge in [0.2, 0.25) is 11.7 Å². The van der Waals surface area contributed by atoms with Gasteiger partial charge in [-0.15, -0.1) is 10.2 Å². The molecule has 0 unspecified atom stereocenters. The van der Waals surface area contributed by atoms with Crippen molar-refractivity contribution in [1.82, 2.24) is 25.2 Å². The second-order valence-electron chi connectivity index (χ2n) is 6.44. The fourth-order valence-electron chi connectivity index (χ4n) is 3.32. The Morgan fingerprint density at radius 1 is 1.17 bits per heavy atom. The molecule has 30 heavy (non-hydrogen) atoms. The third kappa shape index (κ3) is 3.41. The Hall–Kier alpha value is -4.01. The molecule has 9 heteroatoms. The molecule has 2 aromatic carbocycles. The van der Waals surface area contributed by atoms with Crippen molar-refractivity contribution < 1.29 is 14.6 Å². The Labute approximate surface area is 172 Å². The summed E-state index contributed by atoms with van der Waals surface area (Å²) in [5.74, 6) is 0.315. The van der Waals surface area contributed by atoms with Gasteiger partial charge >= 0.3 is 6.09 Å². The highest BCUT2D eigenvalue weighted by Crippen LogP contribution is 2.34. The minimum absolute atomic E-state index is 0.182. The van der Waals surface area contributed by atoms with Crippen molar-refractivity contribution in [2.75, 3.05) is 6.61 Å². The smallest absolute Gasteiger partial charge is 0.421 e. The first-order valence-corrected chi connectivity index (χ1v) is 9.55. The van der Waals surface area contributed by atoms with E-state index in [-0.39, 0.29) is 12.5 Å². The number of tetrazole rings is 1. The van der Waals surface area contributed by atoms with Crippen molar-refractivity contribution >= 4 is 28.4 Å². The molecule has 4 rings (SSSR count). The lowest BCUT2D eigenvalue weighted by Crippen LogP contribution is -2.13. The lowest BCUT2D eigenvalue weighted by Gasteiger charge is -2.07. The highest BCUT2D eigenvalue weighted by molar-refractivity contribution is 6.15. The fraction of sp³-hybridized carbons (Fsp3) is 0.190. The average molecular weight is 404 g/mol. The van der Waals surface area contributed by atoms with E-state index in [1.54, 1.807) is 19.1 Å². The maximum Gasteiger partial charge on any atom is 0.421 e. The Kier molecular flexibility index (Phi) is 5.25. The molecule has 0 amide bonds. The molecule has 2 heterocycles. The van der Waals surface area contributed by atoms with Crippen LogP contribution < -0.4 is 0 Å². The van der Waals surface area contributed by atoms with Crippen molar-refractivity contribution in [3.8, 4) is 17.3 Å². The number of aromatic amines is 1. The van der Waals surface area contributed by atoms with E-state index in [2.05, 4.69) is 20.6 Å². The number of hydrogen-bond acceptors (Lipinski definition) is 7. The number of carbonyl (C=O) groups is 1. The van der Waals surface area contributed by atoms with Gasteiger partial charge in [0.05, 0.1) is 29.1 Å². The van der Waals surface area contributed by atoms with Gasteiger partial charge in [0.15, 0.2) is 0 Å². The second kappa shape index (κ2) is 8.16. The number of nitrogens with zero attached hydrogens (tertiary/aromatic N) is 5. The van der Waals surface area contributed by atoms with E-state index >= 15 is 0 Å². The SMILES string of the molecule is CCOC(=O)n1c(O)c(C(CC)=Nc2ccc(-c3nn[nH]n3)cc2)c2ccccc21. The lowest BCUT2D eigenvalue weighted by molar-refractivity contribution is 0.152. The second-order valence-corrected chi connectivity index (χ2v) is 6.44. The first-order valence-electron chi connectivity index (χ1n) is 9.55. The highest BCUT2D eigenvalue weighted by atomic mass is 16.5. The monoisotopic (exact) mass is 404 g/mol. The molecule has 2 N–H and O–H groups in total. The molecular weight excluding hydrogens is 384 g/mol.